The first-order chi connectivity index (χ1) is 15.5. The van der Waals surface area contributed by atoms with Crippen LogP contribution < -0.4 is 0 Å². The van der Waals surface area contributed by atoms with E-state index in [2.05, 4.69) is 77.8 Å². The van der Waals surface area contributed by atoms with Crippen LogP contribution >= 0.6 is 19.9 Å². The molecule has 0 aliphatic heterocycles. The summed E-state index contributed by atoms with van der Waals surface area (Å²) in [7, 11) is -2.87. The lowest BCUT2D eigenvalue weighted by Crippen LogP contribution is -2.38. The molecular formula is C24H24ClN3O3P+. The fourth-order valence-corrected chi connectivity index (χ4v) is 3.80. The second-order valence-electron chi connectivity index (χ2n) is 6.98. The first kappa shape index (κ1) is 23.8. The maximum absolute atomic E-state index is 8.70. The van der Waals surface area contributed by atoms with Gasteiger partial charge < -0.3 is 0 Å². The molecule has 2 N–H and O–H groups in total. The Hall–Kier alpha value is -2.89. The molecule has 4 aromatic rings. The van der Waals surface area contributed by atoms with Crippen LogP contribution in [0, 0.1) is 0 Å². The average Bonchev–Trinajstić information content (AvgIpc) is 3.31. The van der Waals surface area contributed by atoms with Gasteiger partial charge in [-0.15, -0.1) is 21.4 Å². The van der Waals surface area contributed by atoms with E-state index in [0.29, 0.717) is 5.82 Å². The molecule has 0 aliphatic rings. The Bertz CT molecular complexity index is 1020. The summed E-state index contributed by atoms with van der Waals surface area (Å²) in [6.07, 6.45) is 2.58. The highest BCUT2D eigenvalue weighted by Gasteiger charge is 2.39. The summed E-state index contributed by atoms with van der Waals surface area (Å²) in [4.78, 5) is 18.8. The molecule has 8 heteroatoms. The van der Waals surface area contributed by atoms with E-state index in [1.165, 1.54) is 0 Å². The third-order valence-electron chi connectivity index (χ3n) is 5.07. The maximum Gasteiger partial charge on any atom is 0.692 e. The minimum absolute atomic E-state index is 0.207. The van der Waals surface area contributed by atoms with Gasteiger partial charge in [0.15, 0.2) is 5.82 Å². The van der Waals surface area contributed by atoms with E-state index in [4.69, 9.17) is 31.1 Å². The zero-order valence-corrected chi connectivity index (χ0v) is 19.1. The Morgan fingerprint density at radius 3 is 1.59 bits per heavy atom. The summed E-state index contributed by atoms with van der Waals surface area (Å²) in [5.41, 5.74) is 2.71. The van der Waals surface area contributed by atoms with E-state index >= 15 is 0 Å². The van der Waals surface area contributed by atoms with Crippen LogP contribution in [0.2, 0.25) is 0 Å². The van der Waals surface area contributed by atoms with Gasteiger partial charge in [-0.3, -0.25) is 0 Å². The third kappa shape index (κ3) is 5.12. The molecule has 1 heterocycles. The van der Waals surface area contributed by atoms with Crippen molar-refractivity contribution in [2.24, 2.45) is 0 Å². The predicted molar refractivity (Wildman–Crippen MR) is 126 cm³/mol. The number of aromatic nitrogens is 3. The summed E-state index contributed by atoms with van der Waals surface area (Å²) in [6.45, 7) is 2.04. The van der Waals surface area contributed by atoms with Crippen molar-refractivity contribution >= 4 is 19.9 Å². The van der Waals surface area contributed by atoms with E-state index in [1.807, 2.05) is 29.8 Å². The number of alkyl halides is 1. The Morgan fingerprint density at radius 1 is 0.875 bits per heavy atom. The Labute approximate surface area is 193 Å². The zero-order valence-electron chi connectivity index (χ0n) is 17.5. The molecule has 6 nitrogen and oxygen atoms in total. The first-order valence-corrected chi connectivity index (χ1v) is 11.7. The summed E-state index contributed by atoms with van der Waals surface area (Å²) in [5.74, 6) is 0.649. The second-order valence-corrected chi connectivity index (χ2v) is 8.02. The number of hydrogen-bond acceptors (Lipinski definition) is 3. The number of hydrogen-bond donors (Lipinski definition) is 2. The van der Waals surface area contributed by atoms with Gasteiger partial charge in [0.2, 0.25) is 0 Å². The van der Waals surface area contributed by atoms with Crippen LogP contribution in [0.3, 0.4) is 0 Å². The predicted octanol–water partition coefficient (Wildman–Crippen LogP) is 5.44. The van der Waals surface area contributed by atoms with Gasteiger partial charge in [-0.25, -0.2) is 9.67 Å². The fourth-order valence-electron chi connectivity index (χ4n) is 3.70. The lowest BCUT2D eigenvalue weighted by atomic mass is 9.77. The number of nitrogens with zero attached hydrogens (tertiary/aromatic N) is 3. The smallest absolute Gasteiger partial charge is 0.233 e. The molecule has 0 bridgehead atoms. The van der Waals surface area contributed by atoms with Crippen LogP contribution in [0.4, 0.5) is 0 Å². The second kappa shape index (κ2) is 11.1. The minimum atomic E-state index is -2.87. The van der Waals surface area contributed by atoms with E-state index in [0.717, 1.165) is 23.1 Å². The third-order valence-corrected chi connectivity index (χ3v) is 5.57. The largest absolute Gasteiger partial charge is 0.692 e. The highest BCUT2D eigenvalue weighted by molar-refractivity contribution is 7.30. The molecule has 1 atom stereocenters. The van der Waals surface area contributed by atoms with Gasteiger partial charge in [-0.05, 0) is 23.1 Å². The molecule has 0 saturated carbocycles. The molecule has 1 aromatic heterocycles. The van der Waals surface area contributed by atoms with E-state index in [-0.39, 0.29) is 5.38 Å². The number of benzene rings is 3. The van der Waals surface area contributed by atoms with E-state index < -0.39 is 13.8 Å². The standard InChI is InChI=1S/C24H22ClN3.HO3P/c1-2-22(25)23-26-18-28(27-23)24(19-12-6-3-7-13-19,20-14-8-4-9-15-20)21-16-10-5-11-17-21;1-4(2)3/h3-18,22H,2H2,1H3;(H-,1,2,3)/p+1. The van der Waals surface area contributed by atoms with Crippen molar-refractivity contribution in [3.05, 3.63) is 120 Å². The van der Waals surface area contributed by atoms with E-state index in [1.54, 1.807) is 6.33 Å². The van der Waals surface area contributed by atoms with Crippen LogP contribution in [0.15, 0.2) is 97.3 Å². The normalized spacial score (nSPS) is 11.9. The van der Waals surface area contributed by atoms with Crippen LogP contribution in [0.5, 0.6) is 0 Å². The molecule has 0 radical (unpaired) electrons. The van der Waals surface area contributed by atoms with Gasteiger partial charge in [0.25, 0.3) is 0 Å². The van der Waals surface area contributed by atoms with Crippen molar-refractivity contribution in [1.29, 1.82) is 0 Å². The van der Waals surface area contributed by atoms with Gasteiger partial charge in [0, 0.05) is 4.57 Å². The van der Waals surface area contributed by atoms with Gasteiger partial charge in [0.1, 0.15) is 11.9 Å². The molecule has 0 spiro atoms. The summed E-state index contributed by atoms with van der Waals surface area (Å²) < 4.78 is 10.7. The molecule has 0 aliphatic carbocycles. The Balaban J connectivity index is 0.000000668. The SMILES string of the molecule is CCC(Cl)c1ncn(C(c2ccccc2)(c2ccccc2)c2ccccc2)n1.O=[P+](O)O. The first-order valence-electron chi connectivity index (χ1n) is 10.1. The van der Waals surface area contributed by atoms with Crippen molar-refractivity contribution in [2.75, 3.05) is 0 Å². The van der Waals surface area contributed by atoms with Crippen LogP contribution in [0.25, 0.3) is 0 Å². The van der Waals surface area contributed by atoms with Crippen molar-refractivity contribution in [2.45, 2.75) is 24.3 Å². The molecular weight excluding hydrogens is 445 g/mol. The molecule has 0 amide bonds. The van der Waals surface area contributed by atoms with Crippen LogP contribution in [0.1, 0.15) is 41.2 Å². The van der Waals surface area contributed by atoms with Gasteiger partial charge in [-0.1, -0.05) is 97.9 Å². The van der Waals surface area contributed by atoms with Crippen LogP contribution in [-0.2, 0) is 10.1 Å². The highest BCUT2D eigenvalue weighted by Crippen LogP contribution is 2.40. The summed E-state index contributed by atoms with van der Waals surface area (Å²) >= 11 is 6.45. The van der Waals surface area contributed by atoms with Gasteiger partial charge in [0.05, 0.1) is 5.38 Å². The molecule has 0 fully saturated rings. The van der Waals surface area contributed by atoms with E-state index in [9.17, 15) is 0 Å². The van der Waals surface area contributed by atoms with Crippen LogP contribution in [-0.4, -0.2) is 24.6 Å². The van der Waals surface area contributed by atoms with Gasteiger partial charge in [-0.2, -0.15) is 5.10 Å². The molecule has 4 rings (SSSR count). The van der Waals surface area contributed by atoms with Crippen molar-refractivity contribution in [3.8, 4) is 0 Å². The summed E-state index contributed by atoms with van der Waals surface area (Å²) in [6, 6.07) is 31.3. The average molecular weight is 469 g/mol. The number of halogens is 1. The topological polar surface area (TPSA) is 88.2 Å². The minimum Gasteiger partial charge on any atom is -0.233 e. The highest BCUT2D eigenvalue weighted by atomic mass is 35.5. The maximum atomic E-state index is 8.70. The lowest BCUT2D eigenvalue weighted by Gasteiger charge is -2.35. The molecule has 0 saturated heterocycles. The molecule has 32 heavy (non-hydrogen) atoms. The van der Waals surface area contributed by atoms with Gasteiger partial charge >= 0.3 is 8.25 Å². The zero-order chi connectivity index (χ0) is 23.0. The monoisotopic (exact) mass is 468 g/mol. The van der Waals surface area contributed by atoms with Crippen molar-refractivity contribution in [1.82, 2.24) is 14.8 Å². The molecule has 1 unspecified atom stereocenters. The quantitative estimate of drug-likeness (QED) is 0.223. The Morgan fingerprint density at radius 2 is 1.25 bits per heavy atom. The molecule has 3 aromatic carbocycles. The Kier molecular flexibility index (Phi) is 8.26. The number of rotatable bonds is 6. The van der Waals surface area contributed by atoms with Crippen molar-refractivity contribution in [3.63, 3.8) is 0 Å². The summed E-state index contributed by atoms with van der Waals surface area (Å²) in [5, 5.41) is 4.65. The van der Waals surface area contributed by atoms with Crippen molar-refractivity contribution < 1.29 is 14.4 Å². The lowest BCUT2D eigenvalue weighted by molar-refractivity contribution is 0.405. The molecule has 164 valence electrons. The fraction of sp³-hybridized carbons (Fsp3) is 0.167.